The molecule has 0 bridgehead atoms. The summed E-state index contributed by atoms with van der Waals surface area (Å²) < 4.78 is 34.8. The van der Waals surface area contributed by atoms with E-state index in [4.69, 9.17) is 16.3 Å². The van der Waals surface area contributed by atoms with E-state index >= 15 is 0 Å². The topological polar surface area (TPSA) is 56.2 Å². The minimum Gasteiger partial charge on any atom is -0.376 e. The zero-order valence-electron chi connectivity index (χ0n) is 15.6. The number of carbonyl (C=O) groups is 1. The first kappa shape index (κ1) is 19.6. The summed E-state index contributed by atoms with van der Waals surface area (Å²) in [6, 6.07) is 1.65. The Labute approximate surface area is 167 Å². The highest BCUT2D eigenvalue weighted by Crippen LogP contribution is 2.36. The Hall–Kier alpha value is -1.73. The normalized spacial score (nSPS) is 24.5. The van der Waals surface area contributed by atoms with Gasteiger partial charge in [0.25, 0.3) is 5.91 Å². The molecule has 28 heavy (non-hydrogen) atoms. The predicted molar refractivity (Wildman–Crippen MR) is 103 cm³/mol. The molecule has 2 fully saturated rings. The predicted octanol–water partition coefficient (Wildman–Crippen LogP) is 4.42. The van der Waals surface area contributed by atoms with Crippen LogP contribution in [0.4, 0.5) is 8.78 Å². The van der Waals surface area contributed by atoms with Crippen molar-refractivity contribution in [2.24, 2.45) is 5.92 Å². The van der Waals surface area contributed by atoms with Gasteiger partial charge < -0.3 is 14.6 Å². The molecular weight excluding hydrogens is 388 g/mol. The van der Waals surface area contributed by atoms with Crippen molar-refractivity contribution >= 4 is 28.5 Å². The molecule has 2 unspecified atom stereocenters. The van der Waals surface area contributed by atoms with Gasteiger partial charge in [0.1, 0.15) is 5.65 Å². The fourth-order valence-electron chi connectivity index (χ4n) is 4.28. The number of pyridine rings is 1. The van der Waals surface area contributed by atoms with Crippen molar-refractivity contribution in [3.8, 4) is 0 Å². The number of fused-ring (bicyclic) bond motifs is 1. The largest absolute Gasteiger partial charge is 0.376 e. The van der Waals surface area contributed by atoms with E-state index in [1.165, 1.54) is 0 Å². The number of hydrogen-bond acceptors (Lipinski definition) is 3. The third-order valence-corrected chi connectivity index (χ3v) is 5.98. The number of carbonyl (C=O) groups excluding carboxylic acids is 1. The van der Waals surface area contributed by atoms with Crippen LogP contribution in [0.3, 0.4) is 0 Å². The summed E-state index contributed by atoms with van der Waals surface area (Å²) in [5.74, 6) is -3.14. The number of aromatic nitrogens is 2. The van der Waals surface area contributed by atoms with Crippen molar-refractivity contribution in [2.75, 3.05) is 13.2 Å². The monoisotopic (exact) mass is 411 g/mol. The molecule has 1 aliphatic heterocycles. The zero-order valence-corrected chi connectivity index (χ0v) is 16.4. The van der Waals surface area contributed by atoms with E-state index in [1.54, 1.807) is 18.5 Å². The number of alkyl halides is 2. The average molecular weight is 412 g/mol. The van der Waals surface area contributed by atoms with E-state index in [0.717, 1.165) is 19.4 Å². The second-order valence-corrected chi connectivity index (χ2v) is 8.26. The molecule has 2 aromatic heterocycles. The van der Waals surface area contributed by atoms with Crippen LogP contribution < -0.4 is 5.32 Å². The van der Waals surface area contributed by atoms with E-state index in [-0.39, 0.29) is 37.3 Å². The summed E-state index contributed by atoms with van der Waals surface area (Å²) in [5.41, 5.74) is 1.06. The third-order valence-electron chi connectivity index (χ3n) is 5.67. The maximum absolute atomic E-state index is 13.6. The maximum atomic E-state index is 13.6. The van der Waals surface area contributed by atoms with Crippen LogP contribution in [-0.4, -0.2) is 40.6 Å². The average Bonchev–Trinajstić information content (AvgIpc) is 3.28. The Kier molecular flexibility index (Phi) is 5.56. The molecule has 1 saturated heterocycles. The third kappa shape index (κ3) is 4.15. The zero-order chi connectivity index (χ0) is 19.7. The molecule has 1 amide bonds. The van der Waals surface area contributed by atoms with Crippen LogP contribution in [0.5, 0.6) is 0 Å². The lowest BCUT2D eigenvalue weighted by Crippen LogP contribution is -2.35. The summed E-state index contributed by atoms with van der Waals surface area (Å²) in [7, 11) is 0. The Morgan fingerprint density at radius 1 is 1.39 bits per heavy atom. The van der Waals surface area contributed by atoms with Gasteiger partial charge in [-0.2, -0.15) is 0 Å². The lowest BCUT2D eigenvalue weighted by Gasteiger charge is -2.28. The van der Waals surface area contributed by atoms with Gasteiger partial charge in [0, 0.05) is 38.4 Å². The molecule has 3 heterocycles. The summed E-state index contributed by atoms with van der Waals surface area (Å²) >= 11 is 6.36. The van der Waals surface area contributed by atoms with Crippen molar-refractivity contribution in [3.05, 3.63) is 29.0 Å². The van der Waals surface area contributed by atoms with Gasteiger partial charge in [0.15, 0.2) is 0 Å². The highest BCUT2D eigenvalue weighted by Gasteiger charge is 2.36. The van der Waals surface area contributed by atoms with Gasteiger partial charge in [0.05, 0.1) is 28.6 Å². The Bertz CT molecular complexity index is 864. The van der Waals surface area contributed by atoms with Crippen molar-refractivity contribution in [1.82, 2.24) is 14.9 Å². The molecule has 8 heteroatoms. The van der Waals surface area contributed by atoms with Gasteiger partial charge >= 0.3 is 0 Å². The molecule has 5 nitrogen and oxygen atoms in total. The van der Waals surface area contributed by atoms with Crippen molar-refractivity contribution in [1.29, 1.82) is 0 Å². The Balaban J connectivity index is 1.53. The van der Waals surface area contributed by atoms with Crippen LogP contribution >= 0.6 is 11.6 Å². The fraction of sp³-hybridized carbons (Fsp3) is 0.600. The standard InChI is InChI=1S/C20H24ClF2N3O2/c21-16-5-7-24-18-17(16)15(12-26(18)11-14-4-2-8-28-14)19(27)25-10-13-3-1-6-20(22,23)9-13/h5,7,12-14H,1-4,6,8-11H2,(H,25,27). The number of ether oxygens (including phenoxy) is 1. The second kappa shape index (κ2) is 7.95. The van der Waals surface area contributed by atoms with Crippen LogP contribution in [-0.2, 0) is 11.3 Å². The Morgan fingerprint density at radius 2 is 2.25 bits per heavy atom. The van der Waals surface area contributed by atoms with Crippen LogP contribution in [0.2, 0.25) is 5.02 Å². The van der Waals surface area contributed by atoms with E-state index in [2.05, 4.69) is 10.3 Å². The molecule has 2 aliphatic rings. The molecule has 1 saturated carbocycles. The molecule has 1 N–H and O–H groups in total. The summed E-state index contributed by atoms with van der Waals surface area (Å²) in [4.78, 5) is 17.2. The molecule has 0 spiro atoms. The first-order chi connectivity index (χ1) is 13.4. The molecule has 0 radical (unpaired) electrons. The van der Waals surface area contributed by atoms with E-state index in [0.29, 0.717) is 41.0 Å². The van der Waals surface area contributed by atoms with E-state index in [9.17, 15) is 13.6 Å². The first-order valence-electron chi connectivity index (χ1n) is 9.84. The smallest absolute Gasteiger partial charge is 0.253 e. The van der Waals surface area contributed by atoms with Gasteiger partial charge in [-0.25, -0.2) is 13.8 Å². The molecule has 2 atom stereocenters. The molecule has 1 aliphatic carbocycles. The van der Waals surface area contributed by atoms with Crippen molar-refractivity contribution in [3.63, 3.8) is 0 Å². The van der Waals surface area contributed by atoms with Crippen LogP contribution in [0, 0.1) is 5.92 Å². The quantitative estimate of drug-likeness (QED) is 0.792. The Morgan fingerprint density at radius 3 is 3.00 bits per heavy atom. The first-order valence-corrected chi connectivity index (χ1v) is 10.2. The molecular formula is C20H24ClF2N3O2. The highest BCUT2D eigenvalue weighted by molar-refractivity contribution is 6.36. The highest BCUT2D eigenvalue weighted by atomic mass is 35.5. The van der Waals surface area contributed by atoms with Crippen molar-refractivity contribution in [2.45, 2.75) is 57.1 Å². The van der Waals surface area contributed by atoms with Crippen LogP contribution in [0.25, 0.3) is 11.0 Å². The van der Waals surface area contributed by atoms with Crippen LogP contribution in [0.15, 0.2) is 18.5 Å². The van der Waals surface area contributed by atoms with Crippen LogP contribution in [0.1, 0.15) is 48.9 Å². The number of hydrogen-bond donors (Lipinski definition) is 1. The van der Waals surface area contributed by atoms with Gasteiger partial charge in [-0.05, 0) is 37.7 Å². The number of halogens is 3. The van der Waals surface area contributed by atoms with Gasteiger partial charge in [-0.1, -0.05) is 11.6 Å². The summed E-state index contributed by atoms with van der Waals surface area (Å²) in [6.45, 7) is 1.59. The van der Waals surface area contributed by atoms with E-state index in [1.807, 2.05) is 4.57 Å². The molecule has 152 valence electrons. The van der Waals surface area contributed by atoms with E-state index < -0.39 is 5.92 Å². The summed E-state index contributed by atoms with van der Waals surface area (Å²) in [6.07, 6.45) is 6.42. The SMILES string of the molecule is O=C(NCC1CCCC(F)(F)C1)c1cn(CC2CCCO2)c2nccc(Cl)c12. The molecule has 0 aromatic carbocycles. The van der Waals surface area contributed by atoms with Gasteiger partial charge in [-0.15, -0.1) is 0 Å². The lowest BCUT2D eigenvalue weighted by molar-refractivity contribution is -0.0518. The molecule has 4 rings (SSSR count). The number of amides is 1. The fourth-order valence-corrected chi connectivity index (χ4v) is 4.52. The maximum Gasteiger partial charge on any atom is 0.253 e. The number of nitrogens with one attached hydrogen (secondary N) is 1. The second-order valence-electron chi connectivity index (χ2n) is 7.85. The minimum absolute atomic E-state index is 0.0601. The van der Waals surface area contributed by atoms with Crippen molar-refractivity contribution < 1.29 is 18.3 Å². The molecule has 2 aromatic rings. The lowest BCUT2D eigenvalue weighted by atomic mass is 9.86. The summed E-state index contributed by atoms with van der Waals surface area (Å²) in [5, 5.41) is 3.87. The minimum atomic E-state index is -2.63. The number of rotatable bonds is 5. The van der Waals surface area contributed by atoms with Gasteiger partial charge in [0.2, 0.25) is 5.92 Å². The van der Waals surface area contributed by atoms with Gasteiger partial charge in [-0.3, -0.25) is 4.79 Å². The number of nitrogens with zero attached hydrogens (tertiary/aromatic N) is 2.